The van der Waals surface area contributed by atoms with Crippen LogP contribution in [0.25, 0.3) is 0 Å². The fraction of sp³-hybridized carbons (Fsp3) is 0.417. The van der Waals surface area contributed by atoms with Crippen molar-refractivity contribution in [2.24, 2.45) is 0 Å². The summed E-state index contributed by atoms with van der Waals surface area (Å²) in [5, 5.41) is 9.63. The van der Waals surface area contributed by atoms with Crippen molar-refractivity contribution in [2.75, 3.05) is 6.54 Å². The Hall–Kier alpha value is -1.24. The zero-order chi connectivity index (χ0) is 14.8. The number of phenolic OH excluding ortho intramolecular Hbond substituents is 1. The van der Waals surface area contributed by atoms with Gasteiger partial charge in [0, 0.05) is 10.5 Å². The van der Waals surface area contributed by atoms with Gasteiger partial charge in [0.15, 0.2) is 0 Å². The summed E-state index contributed by atoms with van der Waals surface area (Å²) >= 11 is 3.10. The maximum atomic E-state index is 12.4. The van der Waals surface area contributed by atoms with E-state index in [1.807, 2.05) is 0 Å². The molecule has 1 rings (SSSR count). The van der Waals surface area contributed by atoms with Crippen LogP contribution in [0.5, 0.6) is 5.75 Å². The van der Waals surface area contributed by atoms with Crippen LogP contribution in [0.3, 0.4) is 0 Å². The predicted octanol–water partition coefficient (Wildman–Crippen LogP) is 3.57. The van der Waals surface area contributed by atoms with Crippen LogP contribution in [0.4, 0.5) is 13.2 Å². The van der Waals surface area contributed by atoms with Gasteiger partial charge in [0.05, 0.1) is 5.56 Å². The maximum absolute atomic E-state index is 12.4. The fourth-order valence-corrected chi connectivity index (χ4v) is 1.87. The van der Waals surface area contributed by atoms with E-state index in [2.05, 4.69) is 15.9 Å². The van der Waals surface area contributed by atoms with Crippen molar-refractivity contribution < 1.29 is 23.1 Å². The van der Waals surface area contributed by atoms with Gasteiger partial charge >= 0.3 is 6.18 Å². The molecular weight excluding hydrogens is 327 g/mol. The number of phenols is 1. The molecule has 1 aromatic carbocycles. The number of nitrogens with zero attached hydrogens (tertiary/aromatic N) is 1. The van der Waals surface area contributed by atoms with E-state index < -0.39 is 24.7 Å². The number of amides is 1. The average Bonchev–Trinajstić information content (AvgIpc) is 2.23. The number of carbonyl (C=O) groups excluding carboxylic acids is 1. The fourth-order valence-electron chi connectivity index (χ4n) is 1.52. The van der Waals surface area contributed by atoms with Gasteiger partial charge in [0.1, 0.15) is 12.3 Å². The van der Waals surface area contributed by atoms with Crippen LogP contribution >= 0.6 is 15.9 Å². The SMILES string of the molecule is CC(C)N(CC(F)(F)F)C(=O)c1ccc(Br)cc1O. The Kier molecular flexibility index (Phi) is 4.84. The van der Waals surface area contributed by atoms with Gasteiger partial charge in [-0.25, -0.2) is 0 Å². The number of carbonyl (C=O) groups is 1. The first-order valence-corrected chi connectivity index (χ1v) is 6.27. The van der Waals surface area contributed by atoms with E-state index in [1.54, 1.807) is 0 Å². The van der Waals surface area contributed by atoms with Gasteiger partial charge in [-0.1, -0.05) is 15.9 Å². The molecule has 0 saturated carbocycles. The van der Waals surface area contributed by atoms with E-state index >= 15 is 0 Å². The van der Waals surface area contributed by atoms with Crippen molar-refractivity contribution in [3.05, 3.63) is 28.2 Å². The van der Waals surface area contributed by atoms with Crippen molar-refractivity contribution in [3.8, 4) is 5.75 Å². The third-order valence-electron chi connectivity index (χ3n) is 2.42. The van der Waals surface area contributed by atoms with Crippen molar-refractivity contribution in [2.45, 2.75) is 26.1 Å². The molecule has 0 atom stereocenters. The highest BCUT2D eigenvalue weighted by Crippen LogP contribution is 2.26. The van der Waals surface area contributed by atoms with Crippen LogP contribution in [0.2, 0.25) is 0 Å². The molecule has 0 fully saturated rings. The molecule has 3 nitrogen and oxygen atoms in total. The third-order valence-corrected chi connectivity index (χ3v) is 2.92. The Morgan fingerprint density at radius 1 is 1.42 bits per heavy atom. The number of rotatable bonds is 3. The highest BCUT2D eigenvalue weighted by atomic mass is 79.9. The van der Waals surface area contributed by atoms with Crippen molar-refractivity contribution in [1.82, 2.24) is 4.90 Å². The molecule has 1 aromatic rings. The van der Waals surface area contributed by atoms with E-state index in [1.165, 1.54) is 32.0 Å². The summed E-state index contributed by atoms with van der Waals surface area (Å²) < 4.78 is 37.9. The molecule has 0 spiro atoms. The lowest BCUT2D eigenvalue weighted by Gasteiger charge is -2.28. The van der Waals surface area contributed by atoms with E-state index in [0.717, 1.165) is 0 Å². The number of alkyl halides is 3. The highest BCUT2D eigenvalue weighted by Gasteiger charge is 2.35. The van der Waals surface area contributed by atoms with Crippen molar-refractivity contribution >= 4 is 21.8 Å². The lowest BCUT2D eigenvalue weighted by Crippen LogP contribution is -2.43. The van der Waals surface area contributed by atoms with Gasteiger partial charge in [0.2, 0.25) is 0 Å². The van der Waals surface area contributed by atoms with Gasteiger partial charge in [-0.15, -0.1) is 0 Å². The van der Waals surface area contributed by atoms with Crippen LogP contribution in [0.15, 0.2) is 22.7 Å². The molecule has 106 valence electrons. The molecule has 1 amide bonds. The monoisotopic (exact) mass is 339 g/mol. The molecule has 0 heterocycles. The Morgan fingerprint density at radius 3 is 2.42 bits per heavy atom. The molecule has 7 heteroatoms. The second kappa shape index (κ2) is 5.81. The summed E-state index contributed by atoms with van der Waals surface area (Å²) in [5.41, 5.74) is -0.152. The Morgan fingerprint density at radius 2 is 2.00 bits per heavy atom. The molecule has 0 saturated heterocycles. The summed E-state index contributed by atoms with van der Waals surface area (Å²) in [7, 11) is 0. The molecule has 0 aromatic heterocycles. The molecule has 0 aliphatic heterocycles. The second-order valence-electron chi connectivity index (χ2n) is 4.30. The first-order chi connectivity index (χ1) is 8.61. The lowest BCUT2D eigenvalue weighted by molar-refractivity contribution is -0.143. The molecular formula is C12H13BrF3NO2. The van der Waals surface area contributed by atoms with Crippen LogP contribution in [-0.2, 0) is 0 Å². The minimum Gasteiger partial charge on any atom is -0.507 e. The van der Waals surface area contributed by atoms with Gasteiger partial charge in [0.25, 0.3) is 5.91 Å². The summed E-state index contributed by atoms with van der Waals surface area (Å²) in [6, 6.07) is 3.41. The lowest BCUT2D eigenvalue weighted by atomic mass is 10.1. The number of halogens is 4. The molecule has 0 aliphatic rings. The number of aromatic hydroxyl groups is 1. The molecule has 0 aliphatic carbocycles. The van der Waals surface area contributed by atoms with E-state index in [0.29, 0.717) is 9.37 Å². The quantitative estimate of drug-likeness (QED) is 0.914. The standard InChI is InChI=1S/C12H13BrF3NO2/c1-7(2)17(6-12(14,15)16)11(19)9-4-3-8(13)5-10(9)18/h3-5,7,18H,6H2,1-2H3. The normalized spacial score (nSPS) is 11.7. The van der Waals surface area contributed by atoms with Gasteiger partial charge in [-0.3, -0.25) is 4.79 Å². The molecule has 19 heavy (non-hydrogen) atoms. The summed E-state index contributed by atoms with van der Waals surface area (Å²) in [6.45, 7) is 1.62. The summed E-state index contributed by atoms with van der Waals surface area (Å²) in [5.74, 6) is -1.20. The topological polar surface area (TPSA) is 40.5 Å². The molecule has 0 unspecified atom stereocenters. The first kappa shape index (κ1) is 15.8. The first-order valence-electron chi connectivity index (χ1n) is 5.48. The Labute approximate surface area is 117 Å². The summed E-state index contributed by atoms with van der Waals surface area (Å²) in [6.07, 6.45) is -4.48. The number of benzene rings is 1. The number of hydrogen-bond donors (Lipinski definition) is 1. The van der Waals surface area contributed by atoms with Crippen molar-refractivity contribution in [1.29, 1.82) is 0 Å². The predicted molar refractivity (Wildman–Crippen MR) is 68.0 cm³/mol. The molecule has 1 N–H and O–H groups in total. The van der Waals surface area contributed by atoms with Gasteiger partial charge < -0.3 is 10.0 Å². The highest BCUT2D eigenvalue weighted by molar-refractivity contribution is 9.10. The minimum atomic E-state index is -4.48. The smallest absolute Gasteiger partial charge is 0.406 e. The zero-order valence-electron chi connectivity index (χ0n) is 10.3. The van der Waals surface area contributed by atoms with Gasteiger partial charge in [-0.05, 0) is 32.0 Å². The van der Waals surface area contributed by atoms with E-state index in [9.17, 15) is 23.1 Å². The molecule has 0 bridgehead atoms. The Bertz CT molecular complexity index is 475. The van der Waals surface area contributed by atoms with Gasteiger partial charge in [-0.2, -0.15) is 13.2 Å². The maximum Gasteiger partial charge on any atom is 0.406 e. The third kappa shape index (κ3) is 4.41. The van der Waals surface area contributed by atoms with Crippen LogP contribution in [-0.4, -0.2) is 34.7 Å². The van der Waals surface area contributed by atoms with Crippen LogP contribution in [0.1, 0.15) is 24.2 Å². The van der Waals surface area contributed by atoms with E-state index in [-0.39, 0.29) is 11.3 Å². The average molecular weight is 340 g/mol. The van der Waals surface area contributed by atoms with Crippen molar-refractivity contribution in [3.63, 3.8) is 0 Å². The Balaban J connectivity index is 3.06. The summed E-state index contributed by atoms with van der Waals surface area (Å²) in [4.78, 5) is 12.7. The molecule has 0 radical (unpaired) electrons. The minimum absolute atomic E-state index is 0.152. The van der Waals surface area contributed by atoms with E-state index in [4.69, 9.17) is 0 Å². The largest absolute Gasteiger partial charge is 0.507 e. The second-order valence-corrected chi connectivity index (χ2v) is 5.22. The number of hydrogen-bond acceptors (Lipinski definition) is 2. The van der Waals surface area contributed by atoms with Crippen LogP contribution < -0.4 is 0 Å². The van der Waals surface area contributed by atoms with Crippen LogP contribution in [0, 0.1) is 0 Å². The zero-order valence-corrected chi connectivity index (χ0v) is 11.9.